The summed E-state index contributed by atoms with van der Waals surface area (Å²) in [4.78, 5) is 15.6. The predicted octanol–water partition coefficient (Wildman–Crippen LogP) is 4.83. The molecule has 0 aliphatic carbocycles. The van der Waals surface area contributed by atoms with E-state index >= 15 is 0 Å². The number of ether oxygens (including phenoxy) is 1. The van der Waals surface area contributed by atoms with Crippen LogP contribution in [0.4, 0.5) is 8.78 Å². The summed E-state index contributed by atoms with van der Waals surface area (Å²) in [6.07, 6.45) is 5.26. The Morgan fingerprint density at radius 2 is 1.77 bits per heavy atom. The van der Waals surface area contributed by atoms with Crippen molar-refractivity contribution in [1.29, 1.82) is 0 Å². The first-order valence-electron chi connectivity index (χ1n) is 7.91. The number of carbonyl (C=O) groups is 1. The van der Waals surface area contributed by atoms with Crippen LogP contribution in [-0.2, 0) is 6.61 Å². The number of benzene rings is 2. The van der Waals surface area contributed by atoms with E-state index in [1.165, 1.54) is 24.4 Å². The number of carbonyl (C=O) groups excluding carboxylic acids is 1. The molecule has 0 spiro atoms. The summed E-state index contributed by atoms with van der Waals surface area (Å²) < 4.78 is 32.6. The highest BCUT2D eigenvalue weighted by Gasteiger charge is 2.07. The van der Waals surface area contributed by atoms with Gasteiger partial charge in [-0.15, -0.1) is 0 Å². The third-order valence-electron chi connectivity index (χ3n) is 3.70. The number of halogens is 2. The second-order valence-corrected chi connectivity index (χ2v) is 5.50. The number of aromatic nitrogens is 1. The Bertz CT molecular complexity index is 937. The van der Waals surface area contributed by atoms with Crippen molar-refractivity contribution in [2.75, 3.05) is 0 Å². The molecule has 2 aromatic carbocycles. The molecule has 3 rings (SSSR count). The van der Waals surface area contributed by atoms with E-state index in [0.717, 1.165) is 11.8 Å². The minimum absolute atomic E-state index is 0.0268. The van der Waals surface area contributed by atoms with E-state index in [9.17, 15) is 13.6 Å². The minimum Gasteiger partial charge on any atom is -0.489 e. The average Bonchev–Trinajstić information content (AvgIpc) is 2.67. The van der Waals surface area contributed by atoms with Gasteiger partial charge in [0.1, 0.15) is 18.2 Å². The Kier molecular flexibility index (Phi) is 5.49. The summed E-state index contributed by atoms with van der Waals surface area (Å²) in [6, 6.07) is 14.7. The summed E-state index contributed by atoms with van der Waals surface area (Å²) in [5.41, 5.74) is 1.20. The molecule has 0 unspecified atom stereocenters. The van der Waals surface area contributed by atoms with Crippen LogP contribution in [0.25, 0.3) is 6.08 Å². The molecule has 0 aliphatic heterocycles. The van der Waals surface area contributed by atoms with Gasteiger partial charge in [0.2, 0.25) is 0 Å². The summed E-state index contributed by atoms with van der Waals surface area (Å²) in [5, 5.41) is 0. The van der Waals surface area contributed by atoms with Crippen LogP contribution < -0.4 is 4.74 Å². The van der Waals surface area contributed by atoms with Gasteiger partial charge in [0, 0.05) is 11.8 Å². The lowest BCUT2D eigenvalue weighted by Gasteiger charge is -2.07. The van der Waals surface area contributed by atoms with E-state index in [2.05, 4.69) is 4.98 Å². The molecule has 0 saturated carbocycles. The van der Waals surface area contributed by atoms with Crippen molar-refractivity contribution in [3.05, 3.63) is 101 Å². The maximum Gasteiger partial charge on any atom is 0.188 e. The standard InChI is InChI=1S/C21H15F2NO2/c22-19-4-2-1-3-16(19)14-26-17-8-5-15(6-9-17)7-10-21(25)18-11-12-24-13-20(18)23/h1-13H,14H2/b10-7+. The Morgan fingerprint density at radius 3 is 2.50 bits per heavy atom. The van der Waals surface area contributed by atoms with Gasteiger partial charge < -0.3 is 4.74 Å². The molecule has 1 aromatic heterocycles. The van der Waals surface area contributed by atoms with E-state index < -0.39 is 11.6 Å². The van der Waals surface area contributed by atoms with Crippen LogP contribution >= 0.6 is 0 Å². The summed E-state index contributed by atoms with van der Waals surface area (Å²) in [6.45, 7) is 0.127. The molecule has 0 saturated heterocycles. The Hall–Kier alpha value is -3.34. The fraction of sp³-hybridized carbons (Fsp3) is 0.0476. The van der Waals surface area contributed by atoms with Crippen LogP contribution in [-0.4, -0.2) is 10.8 Å². The molecule has 3 aromatic rings. The van der Waals surface area contributed by atoms with Crippen molar-refractivity contribution in [3.8, 4) is 5.75 Å². The van der Waals surface area contributed by atoms with E-state index in [1.807, 2.05) is 0 Å². The highest BCUT2D eigenvalue weighted by atomic mass is 19.1. The minimum atomic E-state index is -0.654. The zero-order chi connectivity index (χ0) is 18.4. The second-order valence-electron chi connectivity index (χ2n) is 5.50. The van der Waals surface area contributed by atoms with Gasteiger partial charge in [-0.3, -0.25) is 9.78 Å². The van der Waals surface area contributed by atoms with Gasteiger partial charge in [0.25, 0.3) is 0 Å². The molecular formula is C21H15F2NO2. The quantitative estimate of drug-likeness (QED) is 0.471. The Labute approximate surface area is 149 Å². The van der Waals surface area contributed by atoms with Gasteiger partial charge in [-0.05, 0) is 35.9 Å². The molecule has 0 bridgehead atoms. The van der Waals surface area contributed by atoms with Crippen LogP contribution in [0.3, 0.4) is 0 Å². The van der Waals surface area contributed by atoms with E-state index in [0.29, 0.717) is 11.3 Å². The number of nitrogens with zero attached hydrogens (tertiary/aromatic N) is 1. The maximum atomic E-state index is 13.5. The van der Waals surface area contributed by atoms with Gasteiger partial charge in [-0.25, -0.2) is 8.78 Å². The van der Waals surface area contributed by atoms with Crippen LogP contribution in [0.1, 0.15) is 21.5 Å². The molecule has 1 heterocycles. The first kappa shape index (κ1) is 17.5. The summed E-state index contributed by atoms with van der Waals surface area (Å²) in [7, 11) is 0. The molecule has 0 atom stereocenters. The third kappa shape index (κ3) is 4.39. The maximum absolute atomic E-state index is 13.5. The molecule has 26 heavy (non-hydrogen) atoms. The van der Waals surface area contributed by atoms with Crippen molar-refractivity contribution >= 4 is 11.9 Å². The van der Waals surface area contributed by atoms with Crippen LogP contribution in [0.15, 0.2) is 73.1 Å². The molecular weight excluding hydrogens is 336 g/mol. The van der Waals surface area contributed by atoms with Crippen molar-refractivity contribution in [1.82, 2.24) is 4.98 Å². The fourth-order valence-corrected chi connectivity index (χ4v) is 2.29. The van der Waals surface area contributed by atoms with E-state index in [4.69, 9.17) is 4.74 Å². The van der Waals surface area contributed by atoms with Gasteiger partial charge in [0.05, 0.1) is 11.8 Å². The van der Waals surface area contributed by atoms with E-state index in [-0.39, 0.29) is 18.0 Å². The zero-order valence-electron chi connectivity index (χ0n) is 13.7. The number of hydrogen-bond acceptors (Lipinski definition) is 3. The summed E-state index contributed by atoms with van der Waals surface area (Å²) >= 11 is 0. The summed E-state index contributed by atoms with van der Waals surface area (Å²) in [5.74, 6) is -0.824. The van der Waals surface area contributed by atoms with Crippen molar-refractivity contribution in [3.63, 3.8) is 0 Å². The molecule has 130 valence electrons. The highest BCUT2D eigenvalue weighted by Crippen LogP contribution is 2.17. The first-order valence-corrected chi connectivity index (χ1v) is 7.91. The van der Waals surface area contributed by atoms with Gasteiger partial charge >= 0.3 is 0 Å². The lowest BCUT2D eigenvalue weighted by molar-refractivity contribution is 0.104. The topological polar surface area (TPSA) is 39.2 Å². The Morgan fingerprint density at radius 1 is 1.00 bits per heavy atom. The average molecular weight is 351 g/mol. The molecule has 3 nitrogen and oxygen atoms in total. The molecule has 0 radical (unpaired) electrons. The number of pyridine rings is 1. The second kappa shape index (κ2) is 8.16. The third-order valence-corrected chi connectivity index (χ3v) is 3.70. The zero-order valence-corrected chi connectivity index (χ0v) is 13.7. The molecule has 5 heteroatoms. The van der Waals surface area contributed by atoms with Crippen molar-refractivity contribution in [2.24, 2.45) is 0 Å². The van der Waals surface area contributed by atoms with Crippen molar-refractivity contribution in [2.45, 2.75) is 6.61 Å². The van der Waals surface area contributed by atoms with Crippen LogP contribution in [0.5, 0.6) is 5.75 Å². The lowest BCUT2D eigenvalue weighted by Crippen LogP contribution is -1.99. The normalized spacial score (nSPS) is 10.8. The first-order chi connectivity index (χ1) is 12.6. The number of allylic oxidation sites excluding steroid dienone is 1. The Balaban J connectivity index is 1.62. The molecule has 0 fully saturated rings. The van der Waals surface area contributed by atoms with Crippen molar-refractivity contribution < 1.29 is 18.3 Å². The van der Waals surface area contributed by atoms with Crippen LogP contribution in [0.2, 0.25) is 0 Å². The predicted molar refractivity (Wildman–Crippen MR) is 94.7 cm³/mol. The number of ketones is 1. The van der Waals surface area contributed by atoms with Gasteiger partial charge in [-0.2, -0.15) is 0 Å². The highest BCUT2D eigenvalue weighted by molar-refractivity contribution is 6.06. The van der Waals surface area contributed by atoms with E-state index in [1.54, 1.807) is 48.5 Å². The lowest BCUT2D eigenvalue weighted by atomic mass is 10.1. The largest absolute Gasteiger partial charge is 0.489 e. The number of hydrogen-bond donors (Lipinski definition) is 0. The fourth-order valence-electron chi connectivity index (χ4n) is 2.29. The molecule has 0 N–H and O–H groups in total. The van der Waals surface area contributed by atoms with Gasteiger partial charge in [0.15, 0.2) is 11.6 Å². The van der Waals surface area contributed by atoms with Gasteiger partial charge in [-0.1, -0.05) is 36.4 Å². The monoisotopic (exact) mass is 351 g/mol. The smallest absolute Gasteiger partial charge is 0.188 e. The molecule has 0 amide bonds. The SMILES string of the molecule is O=C(/C=C/c1ccc(OCc2ccccc2F)cc1)c1ccncc1F. The van der Waals surface area contributed by atoms with Crippen LogP contribution in [0, 0.1) is 11.6 Å². The number of rotatable bonds is 6. The molecule has 0 aliphatic rings.